The van der Waals surface area contributed by atoms with E-state index in [0.717, 1.165) is 5.69 Å². The smallest absolute Gasteiger partial charge is 0.303 e. The lowest BCUT2D eigenvalue weighted by molar-refractivity contribution is -0.136. The first kappa shape index (κ1) is 9.97. The molecule has 0 radical (unpaired) electrons. The third-order valence-electron chi connectivity index (χ3n) is 1.17. The number of aryl methyl sites for hydroxylation is 1. The molecule has 0 aliphatic heterocycles. The molecule has 1 aromatic rings. The van der Waals surface area contributed by atoms with Crippen molar-refractivity contribution in [2.45, 2.75) is 12.8 Å². The molecule has 1 aromatic heterocycles. The van der Waals surface area contributed by atoms with Crippen LogP contribution in [0.15, 0.2) is 12.3 Å². The molecule has 4 nitrogen and oxygen atoms in total. The summed E-state index contributed by atoms with van der Waals surface area (Å²) in [7, 11) is 0. The number of nitrogens with zero attached hydrogens (tertiary/aromatic N) is 1. The summed E-state index contributed by atoms with van der Waals surface area (Å²) in [6.07, 6.45) is 2.29. The zero-order valence-electron chi connectivity index (χ0n) is 5.78. The van der Waals surface area contributed by atoms with Crippen LogP contribution in [-0.2, 0) is 11.2 Å². The van der Waals surface area contributed by atoms with Gasteiger partial charge in [-0.2, -0.15) is 5.10 Å². The van der Waals surface area contributed by atoms with E-state index in [1.165, 1.54) is 0 Å². The van der Waals surface area contributed by atoms with Gasteiger partial charge in [0, 0.05) is 11.9 Å². The number of halogens is 1. The Morgan fingerprint density at radius 1 is 1.73 bits per heavy atom. The van der Waals surface area contributed by atoms with E-state index in [4.69, 9.17) is 5.11 Å². The molecule has 0 aromatic carbocycles. The van der Waals surface area contributed by atoms with Gasteiger partial charge in [-0.1, -0.05) is 0 Å². The second kappa shape index (κ2) is 4.73. The summed E-state index contributed by atoms with van der Waals surface area (Å²) in [5.41, 5.74) is 0.863. The second-order valence-electron chi connectivity index (χ2n) is 1.98. The summed E-state index contributed by atoms with van der Waals surface area (Å²) in [4.78, 5) is 10.1. The maximum absolute atomic E-state index is 10.1. The van der Waals surface area contributed by atoms with Crippen molar-refractivity contribution in [3.05, 3.63) is 18.0 Å². The van der Waals surface area contributed by atoms with E-state index in [0.29, 0.717) is 6.42 Å². The molecule has 0 spiro atoms. The number of carboxylic acid groups (broad SMARTS) is 1. The van der Waals surface area contributed by atoms with Crippen molar-refractivity contribution in [2.24, 2.45) is 0 Å². The van der Waals surface area contributed by atoms with Crippen LogP contribution < -0.4 is 0 Å². The van der Waals surface area contributed by atoms with Crippen LogP contribution in [0.4, 0.5) is 0 Å². The molecular weight excluding hydrogens is 168 g/mol. The number of hydrogen-bond donors (Lipinski definition) is 2. The van der Waals surface area contributed by atoms with Crippen LogP contribution in [0.25, 0.3) is 0 Å². The van der Waals surface area contributed by atoms with Crippen molar-refractivity contribution in [1.82, 2.24) is 10.2 Å². The molecular formula is C6H9ClN2O2. The van der Waals surface area contributed by atoms with Gasteiger partial charge in [-0.25, -0.2) is 0 Å². The largest absolute Gasteiger partial charge is 0.481 e. The van der Waals surface area contributed by atoms with Crippen LogP contribution in [0.2, 0.25) is 0 Å². The molecule has 2 N–H and O–H groups in total. The number of carboxylic acids is 1. The van der Waals surface area contributed by atoms with Crippen molar-refractivity contribution in [1.29, 1.82) is 0 Å². The Morgan fingerprint density at radius 2 is 2.45 bits per heavy atom. The molecule has 62 valence electrons. The molecule has 1 heterocycles. The summed E-state index contributed by atoms with van der Waals surface area (Å²) >= 11 is 0. The molecule has 0 aliphatic carbocycles. The van der Waals surface area contributed by atoms with Crippen molar-refractivity contribution in [2.75, 3.05) is 0 Å². The van der Waals surface area contributed by atoms with Crippen LogP contribution in [-0.4, -0.2) is 21.3 Å². The average Bonchev–Trinajstić information content (AvgIpc) is 2.34. The van der Waals surface area contributed by atoms with Gasteiger partial charge in [0.1, 0.15) is 0 Å². The normalized spacial score (nSPS) is 8.73. The zero-order valence-corrected chi connectivity index (χ0v) is 6.60. The quantitative estimate of drug-likeness (QED) is 0.718. The molecule has 1 rings (SSSR count). The van der Waals surface area contributed by atoms with Crippen molar-refractivity contribution < 1.29 is 9.90 Å². The van der Waals surface area contributed by atoms with Crippen molar-refractivity contribution in [3.63, 3.8) is 0 Å². The van der Waals surface area contributed by atoms with E-state index in [2.05, 4.69) is 10.2 Å². The number of nitrogens with one attached hydrogen (secondary N) is 1. The summed E-state index contributed by atoms with van der Waals surface area (Å²) < 4.78 is 0. The summed E-state index contributed by atoms with van der Waals surface area (Å²) in [5, 5.41) is 14.6. The fourth-order valence-electron chi connectivity index (χ4n) is 0.666. The molecule has 0 fully saturated rings. The van der Waals surface area contributed by atoms with Gasteiger partial charge in [0.15, 0.2) is 0 Å². The van der Waals surface area contributed by atoms with Crippen LogP contribution >= 0.6 is 12.4 Å². The van der Waals surface area contributed by atoms with E-state index in [1.807, 2.05) is 0 Å². The van der Waals surface area contributed by atoms with E-state index >= 15 is 0 Å². The minimum atomic E-state index is -0.783. The molecule has 11 heavy (non-hydrogen) atoms. The Labute approximate surface area is 70.0 Å². The molecule has 0 atom stereocenters. The van der Waals surface area contributed by atoms with Gasteiger partial charge in [0.05, 0.1) is 6.42 Å². The number of aliphatic carboxylic acids is 1. The van der Waals surface area contributed by atoms with Gasteiger partial charge in [-0.3, -0.25) is 9.89 Å². The highest BCUT2D eigenvalue weighted by molar-refractivity contribution is 5.85. The summed E-state index contributed by atoms with van der Waals surface area (Å²) in [5.74, 6) is -0.783. The second-order valence-corrected chi connectivity index (χ2v) is 1.98. The molecule has 0 saturated heterocycles. The van der Waals surface area contributed by atoms with Gasteiger partial charge in [-0.05, 0) is 12.5 Å². The van der Waals surface area contributed by atoms with Crippen LogP contribution in [0.1, 0.15) is 12.1 Å². The van der Waals surface area contributed by atoms with Gasteiger partial charge in [0.2, 0.25) is 0 Å². The predicted octanol–water partition coefficient (Wildman–Crippen LogP) is 0.849. The Balaban J connectivity index is 0.000001000. The van der Waals surface area contributed by atoms with Crippen LogP contribution in [0.5, 0.6) is 0 Å². The van der Waals surface area contributed by atoms with Crippen LogP contribution in [0, 0.1) is 0 Å². The Bertz CT molecular complexity index is 210. The summed E-state index contributed by atoms with van der Waals surface area (Å²) in [6, 6.07) is 1.77. The highest BCUT2D eigenvalue weighted by Crippen LogP contribution is 1.95. The highest BCUT2D eigenvalue weighted by Gasteiger charge is 1.98. The maximum Gasteiger partial charge on any atom is 0.303 e. The number of aromatic nitrogens is 2. The standard InChI is InChI=1S/C6H8N2O2.ClH/c9-6(10)2-1-5-3-4-7-8-5;/h3-4H,1-2H2,(H,7,8)(H,9,10);1H. The summed E-state index contributed by atoms with van der Waals surface area (Å²) in [6.45, 7) is 0. The monoisotopic (exact) mass is 176 g/mol. The Kier molecular flexibility index (Phi) is 4.29. The van der Waals surface area contributed by atoms with E-state index in [-0.39, 0.29) is 18.8 Å². The van der Waals surface area contributed by atoms with E-state index in [9.17, 15) is 4.79 Å². The number of H-pyrrole nitrogens is 1. The van der Waals surface area contributed by atoms with E-state index < -0.39 is 5.97 Å². The average molecular weight is 177 g/mol. The fraction of sp³-hybridized carbons (Fsp3) is 0.333. The third-order valence-corrected chi connectivity index (χ3v) is 1.17. The number of carbonyl (C=O) groups is 1. The zero-order chi connectivity index (χ0) is 7.40. The molecule has 5 heteroatoms. The van der Waals surface area contributed by atoms with Crippen LogP contribution in [0.3, 0.4) is 0 Å². The first-order chi connectivity index (χ1) is 4.79. The van der Waals surface area contributed by atoms with Crippen molar-refractivity contribution >= 4 is 18.4 Å². The van der Waals surface area contributed by atoms with Crippen molar-refractivity contribution in [3.8, 4) is 0 Å². The SMILES string of the molecule is Cl.O=C(O)CCc1ccn[nH]1. The van der Waals surface area contributed by atoms with Gasteiger partial charge >= 0.3 is 5.97 Å². The van der Waals surface area contributed by atoms with Gasteiger partial charge in [0.25, 0.3) is 0 Å². The lowest BCUT2D eigenvalue weighted by Gasteiger charge is -1.89. The lowest BCUT2D eigenvalue weighted by atomic mass is 10.2. The lowest BCUT2D eigenvalue weighted by Crippen LogP contribution is -1.97. The minimum Gasteiger partial charge on any atom is -0.481 e. The highest BCUT2D eigenvalue weighted by atomic mass is 35.5. The number of aromatic amines is 1. The topological polar surface area (TPSA) is 66.0 Å². The van der Waals surface area contributed by atoms with E-state index in [1.54, 1.807) is 12.3 Å². The molecule has 0 unspecified atom stereocenters. The van der Waals surface area contributed by atoms with Gasteiger partial charge in [-0.15, -0.1) is 12.4 Å². The fourth-order valence-corrected chi connectivity index (χ4v) is 0.666. The maximum atomic E-state index is 10.1. The predicted molar refractivity (Wildman–Crippen MR) is 41.8 cm³/mol. The number of hydrogen-bond acceptors (Lipinski definition) is 2. The Hall–Kier alpha value is -1.03. The minimum absolute atomic E-state index is 0. The molecule has 0 aliphatic rings. The molecule has 0 saturated carbocycles. The first-order valence-corrected chi connectivity index (χ1v) is 2.99. The molecule has 0 bridgehead atoms. The molecule has 0 amide bonds. The Morgan fingerprint density at radius 3 is 2.91 bits per heavy atom. The van der Waals surface area contributed by atoms with Gasteiger partial charge < -0.3 is 5.11 Å². The number of rotatable bonds is 3. The third kappa shape index (κ3) is 3.62. The first-order valence-electron chi connectivity index (χ1n) is 2.99.